The Balaban J connectivity index is 2.69. The number of alkyl halides is 1. The fourth-order valence-electron chi connectivity index (χ4n) is 1.30. The van der Waals surface area contributed by atoms with Gasteiger partial charge in [0.25, 0.3) is 0 Å². The molecule has 98 valence electrons. The van der Waals surface area contributed by atoms with Crippen molar-refractivity contribution < 1.29 is 13.9 Å². The second-order valence-electron chi connectivity index (χ2n) is 4.44. The standard InChI is InChI=1S/C14H16ClFO2/c1-9(2)8-18-14(17)10(3)13(16)11-5-4-6-12(15)7-11/h4-7,9,13H,3,8H2,1-2H3. The van der Waals surface area contributed by atoms with Crippen molar-refractivity contribution in [1.29, 1.82) is 0 Å². The minimum absolute atomic E-state index is 0.200. The van der Waals surface area contributed by atoms with Gasteiger partial charge >= 0.3 is 5.97 Å². The molecule has 0 heterocycles. The van der Waals surface area contributed by atoms with Gasteiger partial charge in [0.1, 0.15) is 0 Å². The molecule has 1 aromatic carbocycles. The van der Waals surface area contributed by atoms with Gasteiger partial charge < -0.3 is 4.74 Å². The molecule has 1 unspecified atom stereocenters. The van der Waals surface area contributed by atoms with Crippen LogP contribution in [0.15, 0.2) is 36.4 Å². The van der Waals surface area contributed by atoms with Crippen LogP contribution in [-0.2, 0) is 9.53 Å². The topological polar surface area (TPSA) is 26.3 Å². The van der Waals surface area contributed by atoms with E-state index in [1.807, 2.05) is 13.8 Å². The Labute approximate surface area is 111 Å². The van der Waals surface area contributed by atoms with Gasteiger partial charge in [0.05, 0.1) is 12.2 Å². The zero-order chi connectivity index (χ0) is 13.7. The summed E-state index contributed by atoms with van der Waals surface area (Å²) in [5.74, 6) is -0.512. The second kappa shape index (κ2) is 6.55. The average molecular weight is 271 g/mol. The number of carbonyl (C=O) groups is 1. The largest absolute Gasteiger partial charge is 0.462 e. The summed E-state index contributed by atoms with van der Waals surface area (Å²) in [6, 6.07) is 6.28. The summed E-state index contributed by atoms with van der Waals surface area (Å²) in [6.07, 6.45) is -1.59. The van der Waals surface area contributed by atoms with Crippen LogP contribution >= 0.6 is 11.6 Å². The van der Waals surface area contributed by atoms with Gasteiger partial charge in [-0.3, -0.25) is 0 Å². The Bertz CT molecular complexity index is 443. The lowest BCUT2D eigenvalue weighted by Gasteiger charge is -2.13. The molecule has 0 N–H and O–H groups in total. The lowest BCUT2D eigenvalue weighted by molar-refractivity contribution is -0.140. The van der Waals surface area contributed by atoms with E-state index in [4.69, 9.17) is 16.3 Å². The third kappa shape index (κ3) is 4.15. The lowest BCUT2D eigenvalue weighted by Crippen LogP contribution is -2.14. The number of rotatable bonds is 5. The zero-order valence-electron chi connectivity index (χ0n) is 10.5. The Hall–Kier alpha value is -1.35. The van der Waals surface area contributed by atoms with Crippen molar-refractivity contribution in [3.05, 3.63) is 47.0 Å². The Kier molecular flexibility index (Phi) is 5.35. The van der Waals surface area contributed by atoms with Crippen molar-refractivity contribution in [3.8, 4) is 0 Å². The molecule has 0 spiro atoms. The minimum Gasteiger partial charge on any atom is -0.462 e. The van der Waals surface area contributed by atoms with Crippen molar-refractivity contribution in [1.82, 2.24) is 0 Å². The molecule has 1 rings (SSSR count). The maximum Gasteiger partial charge on any atom is 0.336 e. The van der Waals surface area contributed by atoms with E-state index < -0.39 is 12.1 Å². The molecule has 0 saturated heterocycles. The third-order valence-electron chi connectivity index (χ3n) is 2.26. The monoisotopic (exact) mass is 270 g/mol. The number of halogens is 2. The first-order chi connectivity index (χ1) is 8.41. The van der Waals surface area contributed by atoms with Crippen molar-refractivity contribution in [3.63, 3.8) is 0 Å². The number of hydrogen-bond acceptors (Lipinski definition) is 2. The van der Waals surface area contributed by atoms with Gasteiger partial charge in [0, 0.05) is 5.02 Å². The van der Waals surface area contributed by atoms with Crippen LogP contribution in [0, 0.1) is 5.92 Å². The van der Waals surface area contributed by atoms with Crippen molar-refractivity contribution in [2.75, 3.05) is 6.61 Å². The van der Waals surface area contributed by atoms with E-state index in [1.54, 1.807) is 18.2 Å². The zero-order valence-corrected chi connectivity index (χ0v) is 11.2. The van der Waals surface area contributed by atoms with Crippen LogP contribution in [0.25, 0.3) is 0 Å². The van der Waals surface area contributed by atoms with Crippen molar-refractivity contribution in [2.24, 2.45) is 5.92 Å². The molecule has 0 aromatic heterocycles. The van der Waals surface area contributed by atoms with E-state index in [2.05, 4.69) is 6.58 Å². The summed E-state index contributed by atoms with van der Waals surface area (Å²) in [5, 5.41) is 0.415. The van der Waals surface area contributed by atoms with Crippen molar-refractivity contribution in [2.45, 2.75) is 20.0 Å². The molecular weight excluding hydrogens is 255 g/mol. The molecule has 4 heteroatoms. The molecule has 0 bridgehead atoms. The van der Waals surface area contributed by atoms with Crippen LogP contribution in [0.3, 0.4) is 0 Å². The summed E-state index contributed by atoms with van der Waals surface area (Å²) >= 11 is 5.76. The Morgan fingerprint density at radius 1 is 1.50 bits per heavy atom. The van der Waals surface area contributed by atoms with Gasteiger partial charge in [0.15, 0.2) is 6.17 Å². The smallest absolute Gasteiger partial charge is 0.336 e. The van der Waals surface area contributed by atoms with E-state index in [0.717, 1.165) is 0 Å². The Morgan fingerprint density at radius 3 is 2.72 bits per heavy atom. The van der Waals surface area contributed by atoms with E-state index in [-0.39, 0.29) is 18.1 Å². The first-order valence-electron chi connectivity index (χ1n) is 5.67. The predicted octanol–water partition coefficient (Wildman–Crippen LogP) is 4.11. The van der Waals surface area contributed by atoms with E-state index >= 15 is 0 Å². The molecule has 0 aliphatic carbocycles. The second-order valence-corrected chi connectivity index (χ2v) is 4.87. The highest BCUT2D eigenvalue weighted by Crippen LogP contribution is 2.27. The number of ether oxygens (including phenoxy) is 1. The van der Waals surface area contributed by atoms with Gasteiger partial charge in [-0.05, 0) is 23.6 Å². The SMILES string of the molecule is C=C(C(=O)OCC(C)C)C(F)c1cccc(Cl)c1. The highest BCUT2D eigenvalue weighted by atomic mass is 35.5. The summed E-state index contributed by atoms with van der Waals surface area (Å²) in [5.41, 5.74) is 0.0897. The van der Waals surface area contributed by atoms with Gasteiger partial charge in [-0.25, -0.2) is 9.18 Å². The normalized spacial score (nSPS) is 12.3. The lowest BCUT2D eigenvalue weighted by atomic mass is 10.0. The predicted molar refractivity (Wildman–Crippen MR) is 70.2 cm³/mol. The van der Waals surface area contributed by atoms with Gasteiger partial charge in [0.2, 0.25) is 0 Å². The number of benzene rings is 1. The van der Waals surface area contributed by atoms with Gasteiger partial charge in [-0.15, -0.1) is 0 Å². The molecule has 0 aliphatic rings. The number of esters is 1. The fourth-order valence-corrected chi connectivity index (χ4v) is 1.50. The molecule has 0 fully saturated rings. The molecule has 0 amide bonds. The molecule has 1 aromatic rings. The van der Waals surface area contributed by atoms with Crippen LogP contribution in [0.2, 0.25) is 5.02 Å². The Morgan fingerprint density at radius 2 is 2.17 bits per heavy atom. The van der Waals surface area contributed by atoms with Gasteiger partial charge in [-0.2, -0.15) is 0 Å². The summed E-state index contributed by atoms with van der Waals surface area (Å²) < 4.78 is 19.0. The van der Waals surface area contributed by atoms with E-state index in [9.17, 15) is 9.18 Å². The molecule has 18 heavy (non-hydrogen) atoms. The molecule has 2 nitrogen and oxygen atoms in total. The highest BCUT2D eigenvalue weighted by molar-refractivity contribution is 6.30. The molecular formula is C14H16ClFO2. The van der Waals surface area contributed by atoms with E-state index in [1.165, 1.54) is 6.07 Å². The molecule has 0 saturated carbocycles. The summed E-state index contributed by atoms with van der Waals surface area (Å²) in [4.78, 5) is 11.6. The van der Waals surface area contributed by atoms with Crippen LogP contribution in [-0.4, -0.2) is 12.6 Å². The van der Waals surface area contributed by atoms with E-state index in [0.29, 0.717) is 10.6 Å². The summed E-state index contributed by atoms with van der Waals surface area (Å²) in [6.45, 7) is 7.50. The third-order valence-corrected chi connectivity index (χ3v) is 2.49. The molecule has 0 radical (unpaired) electrons. The first kappa shape index (κ1) is 14.7. The summed E-state index contributed by atoms with van der Waals surface area (Å²) in [7, 11) is 0. The minimum atomic E-state index is -1.59. The quantitative estimate of drug-likeness (QED) is 0.595. The highest BCUT2D eigenvalue weighted by Gasteiger charge is 2.21. The van der Waals surface area contributed by atoms with Crippen LogP contribution in [0.1, 0.15) is 25.6 Å². The van der Waals surface area contributed by atoms with Crippen LogP contribution < -0.4 is 0 Å². The van der Waals surface area contributed by atoms with Crippen LogP contribution in [0.4, 0.5) is 4.39 Å². The number of carbonyl (C=O) groups excluding carboxylic acids is 1. The molecule has 1 atom stereocenters. The van der Waals surface area contributed by atoms with Crippen molar-refractivity contribution >= 4 is 17.6 Å². The maximum atomic E-state index is 14.0. The van der Waals surface area contributed by atoms with Crippen LogP contribution in [0.5, 0.6) is 0 Å². The average Bonchev–Trinajstić information content (AvgIpc) is 2.34. The first-order valence-corrected chi connectivity index (χ1v) is 6.05. The fraction of sp³-hybridized carbons (Fsp3) is 0.357. The number of hydrogen-bond donors (Lipinski definition) is 0. The van der Waals surface area contributed by atoms with Gasteiger partial charge in [-0.1, -0.05) is 44.2 Å². The maximum absolute atomic E-state index is 14.0. The molecule has 0 aliphatic heterocycles.